The summed E-state index contributed by atoms with van der Waals surface area (Å²) < 4.78 is 4.66. The van der Waals surface area contributed by atoms with Crippen molar-refractivity contribution in [1.82, 2.24) is 4.98 Å². The molecule has 0 spiro atoms. The van der Waals surface area contributed by atoms with Crippen LogP contribution in [-0.4, -0.2) is 31.0 Å². The number of rotatable bonds is 3. The third-order valence-corrected chi connectivity index (χ3v) is 3.14. The van der Waals surface area contributed by atoms with Crippen LogP contribution in [0.2, 0.25) is 0 Å². The Hall–Kier alpha value is -2.69. The quantitative estimate of drug-likeness (QED) is 0.812. The predicted molar refractivity (Wildman–Crippen MR) is 79.5 cm³/mol. The Labute approximate surface area is 123 Å². The number of carbonyl (C=O) groups excluding carboxylic acids is 2. The number of ether oxygens (including phenoxy) is 1. The zero-order valence-electron chi connectivity index (χ0n) is 12.2. The third kappa shape index (κ3) is 3.08. The van der Waals surface area contributed by atoms with Crippen LogP contribution in [-0.2, 0) is 4.74 Å². The maximum absolute atomic E-state index is 12.5. The van der Waals surface area contributed by atoms with Crippen molar-refractivity contribution in [3.8, 4) is 0 Å². The number of methoxy groups -OCH3 is 1. The van der Waals surface area contributed by atoms with Crippen LogP contribution < -0.4 is 4.90 Å². The maximum Gasteiger partial charge on any atom is 0.357 e. The molecule has 1 amide bonds. The van der Waals surface area contributed by atoms with Gasteiger partial charge in [-0.1, -0.05) is 17.7 Å². The lowest BCUT2D eigenvalue weighted by atomic mass is 10.1. The second kappa shape index (κ2) is 6.17. The minimum atomic E-state index is -0.628. The van der Waals surface area contributed by atoms with Gasteiger partial charge < -0.3 is 9.64 Å². The van der Waals surface area contributed by atoms with Gasteiger partial charge in [0.15, 0.2) is 5.69 Å². The molecule has 1 aromatic heterocycles. The van der Waals surface area contributed by atoms with Crippen LogP contribution >= 0.6 is 0 Å². The molecular formula is C16H16N2O3. The average Bonchev–Trinajstić information content (AvgIpc) is 2.53. The summed E-state index contributed by atoms with van der Waals surface area (Å²) in [5.74, 6) is -0.941. The first-order valence-corrected chi connectivity index (χ1v) is 6.42. The second-order valence-electron chi connectivity index (χ2n) is 4.59. The molecule has 0 saturated carbocycles. The summed E-state index contributed by atoms with van der Waals surface area (Å²) in [4.78, 5) is 29.7. The van der Waals surface area contributed by atoms with E-state index in [9.17, 15) is 9.59 Å². The fourth-order valence-corrected chi connectivity index (χ4v) is 1.90. The van der Waals surface area contributed by atoms with Crippen LogP contribution in [0.3, 0.4) is 0 Å². The topological polar surface area (TPSA) is 59.5 Å². The Bertz CT molecular complexity index is 665. The van der Waals surface area contributed by atoms with Gasteiger partial charge >= 0.3 is 5.97 Å². The molecule has 0 atom stereocenters. The second-order valence-corrected chi connectivity index (χ2v) is 4.59. The molecule has 5 nitrogen and oxygen atoms in total. The van der Waals surface area contributed by atoms with Crippen LogP contribution in [0.1, 0.15) is 26.4 Å². The molecule has 2 rings (SSSR count). The normalized spacial score (nSPS) is 10.0. The summed E-state index contributed by atoms with van der Waals surface area (Å²) in [5.41, 5.74) is 2.08. The highest BCUT2D eigenvalue weighted by molar-refractivity contribution is 6.11. The molecule has 0 unspecified atom stereocenters. The van der Waals surface area contributed by atoms with Crippen LogP contribution in [0.4, 0.5) is 5.69 Å². The van der Waals surface area contributed by atoms with E-state index in [4.69, 9.17) is 0 Å². The van der Waals surface area contributed by atoms with Gasteiger partial charge in [0, 0.05) is 18.9 Å². The van der Waals surface area contributed by atoms with Gasteiger partial charge in [0.2, 0.25) is 0 Å². The smallest absolute Gasteiger partial charge is 0.357 e. The van der Waals surface area contributed by atoms with Crippen molar-refractivity contribution in [2.45, 2.75) is 6.92 Å². The van der Waals surface area contributed by atoms with Crippen molar-refractivity contribution in [2.75, 3.05) is 19.1 Å². The van der Waals surface area contributed by atoms with Gasteiger partial charge in [0.05, 0.1) is 12.7 Å². The SMILES string of the molecule is COC(=O)c1ncccc1C(=O)N(C)c1ccc(C)cc1. The molecule has 0 fully saturated rings. The summed E-state index contributed by atoms with van der Waals surface area (Å²) >= 11 is 0. The van der Waals surface area contributed by atoms with Crippen LogP contribution in [0, 0.1) is 6.92 Å². The van der Waals surface area contributed by atoms with Gasteiger partial charge in [-0.3, -0.25) is 4.79 Å². The van der Waals surface area contributed by atoms with Crippen molar-refractivity contribution < 1.29 is 14.3 Å². The molecule has 2 aromatic rings. The predicted octanol–water partition coefficient (Wildman–Crippen LogP) is 2.45. The van der Waals surface area contributed by atoms with Crippen molar-refractivity contribution in [3.05, 3.63) is 59.4 Å². The first kappa shape index (κ1) is 14.7. The van der Waals surface area contributed by atoms with Gasteiger partial charge in [0.1, 0.15) is 0 Å². The standard InChI is InChI=1S/C16H16N2O3/c1-11-6-8-12(9-7-11)18(2)15(19)13-5-4-10-17-14(13)16(20)21-3/h4-10H,1-3H3. The molecule has 21 heavy (non-hydrogen) atoms. The Morgan fingerprint density at radius 3 is 2.43 bits per heavy atom. The van der Waals surface area contributed by atoms with Crippen LogP contribution in [0.15, 0.2) is 42.6 Å². The van der Waals surface area contributed by atoms with E-state index in [-0.39, 0.29) is 17.2 Å². The van der Waals surface area contributed by atoms with Gasteiger partial charge in [-0.05, 0) is 31.2 Å². The molecule has 108 valence electrons. The van der Waals surface area contributed by atoms with Crippen molar-refractivity contribution >= 4 is 17.6 Å². The minimum absolute atomic E-state index is 0.0176. The van der Waals surface area contributed by atoms with Crippen molar-refractivity contribution in [3.63, 3.8) is 0 Å². The number of aromatic nitrogens is 1. The minimum Gasteiger partial charge on any atom is -0.464 e. The number of hydrogen-bond acceptors (Lipinski definition) is 4. The molecule has 0 N–H and O–H groups in total. The summed E-state index contributed by atoms with van der Waals surface area (Å²) in [7, 11) is 2.91. The van der Waals surface area contributed by atoms with E-state index in [1.54, 1.807) is 19.2 Å². The molecule has 0 saturated heterocycles. The number of anilines is 1. The van der Waals surface area contributed by atoms with Crippen LogP contribution in [0.5, 0.6) is 0 Å². The zero-order valence-corrected chi connectivity index (χ0v) is 12.2. The highest BCUT2D eigenvalue weighted by atomic mass is 16.5. The molecule has 0 bridgehead atoms. The van der Waals surface area contributed by atoms with Crippen molar-refractivity contribution in [2.24, 2.45) is 0 Å². The van der Waals surface area contributed by atoms with Crippen LogP contribution in [0.25, 0.3) is 0 Å². The van der Waals surface area contributed by atoms with Gasteiger partial charge in [-0.15, -0.1) is 0 Å². The molecule has 0 aliphatic heterocycles. The molecule has 0 aliphatic rings. The number of carbonyl (C=O) groups is 2. The monoisotopic (exact) mass is 284 g/mol. The highest BCUT2D eigenvalue weighted by Gasteiger charge is 2.22. The summed E-state index contributed by atoms with van der Waals surface area (Å²) in [6, 6.07) is 10.7. The molecule has 0 radical (unpaired) electrons. The lowest BCUT2D eigenvalue weighted by Gasteiger charge is -2.18. The first-order chi connectivity index (χ1) is 10.0. The van der Waals surface area contributed by atoms with E-state index in [2.05, 4.69) is 9.72 Å². The van der Waals surface area contributed by atoms with E-state index in [0.29, 0.717) is 0 Å². The molecule has 1 heterocycles. The maximum atomic E-state index is 12.5. The Morgan fingerprint density at radius 1 is 1.14 bits per heavy atom. The molecule has 0 aliphatic carbocycles. The fraction of sp³-hybridized carbons (Fsp3) is 0.188. The third-order valence-electron chi connectivity index (χ3n) is 3.14. The number of pyridine rings is 1. The van der Waals surface area contributed by atoms with E-state index in [1.807, 2.05) is 31.2 Å². The molecule has 5 heteroatoms. The molecule has 1 aromatic carbocycles. The fourth-order valence-electron chi connectivity index (χ4n) is 1.90. The lowest BCUT2D eigenvalue weighted by Crippen LogP contribution is -2.28. The summed E-state index contributed by atoms with van der Waals surface area (Å²) in [5, 5.41) is 0. The number of aryl methyl sites for hydroxylation is 1. The number of benzene rings is 1. The lowest BCUT2D eigenvalue weighted by molar-refractivity contribution is 0.0590. The number of amides is 1. The number of nitrogens with zero attached hydrogens (tertiary/aromatic N) is 2. The largest absolute Gasteiger partial charge is 0.464 e. The molecular weight excluding hydrogens is 268 g/mol. The van der Waals surface area contributed by atoms with E-state index >= 15 is 0 Å². The Morgan fingerprint density at radius 2 is 1.81 bits per heavy atom. The summed E-state index contributed by atoms with van der Waals surface area (Å²) in [6.07, 6.45) is 1.45. The highest BCUT2D eigenvalue weighted by Crippen LogP contribution is 2.18. The van der Waals surface area contributed by atoms with E-state index in [0.717, 1.165) is 11.3 Å². The van der Waals surface area contributed by atoms with E-state index in [1.165, 1.54) is 18.2 Å². The first-order valence-electron chi connectivity index (χ1n) is 6.42. The van der Waals surface area contributed by atoms with Gasteiger partial charge in [-0.2, -0.15) is 0 Å². The summed E-state index contributed by atoms with van der Waals surface area (Å²) in [6.45, 7) is 1.97. The average molecular weight is 284 g/mol. The van der Waals surface area contributed by atoms with Gasteiger partial charge in [0.25, 0.3) is 5.91 Å². The Balaban J connectivity index is 2.36. The van der Waals surface area contributed by atoms with Crippen molar-refractivity contribution in [1.29, 1.82) is 0 Å². The van der Waals surface area contributed by atoms with Gasteiger partial charge in [-0.25, -0.2) is 9.78 Å². The van der Waals surface area contributed by atoms with E-state index < -0.39 is 5.97 Å². The Kier molecular flexibility index (Phi) is 4.33. The number of hydrogen-bond donors (Lipinski definition) is 0. The zero-order chi connectivity index (χ0) is 15.4. The number of esters is 1.